The number of hydrogen-bond donors (Lipinski definition) is 0. The normalized spacial score (nSPS) is 12.8. The van der Waals surface area contributed by atoms with Gasteiger partial charge in [0.1, 0.15) is 11.0 Å². The van der Waals surface area contributed by atoms with Crippen molar-refractivity contribution in [2.24, 2.45) is 0 Å². The lowest BCUT2D eigenvalue weighted by atomic mass is 9.82. The van der Waals surface area contributed by atoms with Crippen LogP contribution in [0, 0.1) is 13.8 Å². The standard InChI is InChI=1S/C27H34N2S3/c1-9-26(6,7)24-16(4)14-20(30-24)18-12-13-19(23-22(18)28-32-29-23)21-15-17(5)25(31-21)27(8,10-2)11-3/h12-15H,9-11H2,1-8H3. The summed E-state index contributed by atoms with van der Waals surface area (Å²) in [5.74, 6) is 0. The smallest absolute Gasteiger partial charge is 0.114 e. The van der Waals surface area contributed by atoms with E-state index < -0.39 is 0 Å². The Morgan fingerprint density at radius 1 is 0.719 bits per heavy atom. The Labute approximate surface area is 205 Å². The van der Waals surface area contributed by atoms with E-state index in [1.54, 1.807) is 0 Å². The van der Waals surface area contributed by atoms with Crippen LogP contribution in [0.2, 0.25) is 0 Å². The van der Waals surface area contributed by atoms with Gasteiger partial charge in [0.15, 0.2) is 0 Å². The lowest BCUT2D eigenvalue weighted by Crippen LogP contribution is -2.18. The van der Waals surface area contributed by atoms with Crippen LogP contribution in [-0.2, 0) is 10.8 Å². The molecule has 170 valence electrons. The maximum absolute atomic E-state index is 4.76. The zero-order valence-corrected chi connectivity index (χ0v) is 23.0. The second-order valence-electron chi connectivity index (χ2n) is 9.87. The predicted molar refractivity (Wildman–Crippen MR) is 145 cm³/mol. The van der Waals surface area contributed by atoms with Crippen molar-refractivity contribution in [1.29, 1.82) is 0 Å². The van der Waals surface area contributed by atoms with E-state index >= 15 is 0 Å². The first-order valence-corrected chi connectivity index (χ1v) is 14.0. The molecule has 3 heterocycles. The monoisotopic (exact) mass is 482 g/mol. The van der Waals surface area contributed by atoms with Crippen molar-refractivity contribution in [1.82, 2.24) is 8.75 Å². The molecule has 0 saturated carbocycles. The van der Waals surface area contributed by atoms with E-state index in [9.17, 15) is 0 Å². The van der Waals surface area contributed by atoms with E-state index in [1.165, 1.54) is 53.5 Å². The van der Waals surface area contributed by atoms with Gasteiger partial charge in [-0.15, -0.1) is 22.7 Å². The molecule has 1 aromatic carbocycles. The van der Waals surface area contributed by atoms with Gasteiger partial charge in [0, 0.05) is 36.1 Å². The van der Waals surface area contributed by atoms with Crippen LogP contribution in [0.3, 0.4) is 0 Å². The Balaban J connectivity index is 1.83. The summed E-state index contributed by atoms with van der Waals surface area (Å²) in [5, 5.41) is 0. The van der Waals surface area contributed by atoms with Gasteiger partial charge in [0.2, 0.25) is 0 Å². The van der Waals surface area contributed by atoms with Crippen LogP contribution in [-0.4, -0.2) is 8.75 Å². The molecule has 32 heavy (non-hydrogen) atoms. The van der Waals surface area contributed by atoms with Crippen molar-refractivity contribution in [3.05, 3.63) is 45.1 Å². The molecular weight excluding hydrogens is 449 g/mol. The summed E-state index contributed by atoms with van der Waals surface area (Å²) in [4.78, 5) is 5.60. The van der Waals surface area contributed by atoms with Crippen LogP contribution >= 0.6 is 34.4 Å². The Morgan fingerprint density at radius 3 is 1.66 bits per heavy atom. The number of aryl methyl sites for hydroxylation is 2. The summed E-state index contributed by atoms with van der Waals surface area (Å²) in [5.41, 5.74) is 7.73. The second-order valence-corrected chi connectivity index (χ2v) is 12.5. The van der Waals surface area contributed by atoms with Crippen LogP contribution in [0.25, 0.3) is 31.9 Å². The van der Waals surface area contributed by atoms with Crippen LogP contribution in [0.4, 0.5) is 0 Å². The van der Waals surface area contributed by atoms with Gasteiger partial charge >= 0.3 is 0 Å². The van der Waals surface area contributed by atoms with Gasteiger partial charge in [-0.3, -0.25) is 0 Å². The average molecular weight is 483 g/mol. The second kappa shape index (κ2) is 8.66. The van der Waals surface area contributed by atoms with Crippen LogP contribution in [0.15, 0.2) is 24.3 Å². The summed E-state index contributed by atoms with van der Waals surface area (Å²) in [7, 11) is 0. The summed E-state index contributed by atoms with van der Waals surface area (Å²) in [6.07, 6.45) is 3.45. The van der Waals surface area contributed by atoms with E-state index in [0.717, 1.165) is 30.3 Å². The van der Waals surface area contributed by atoms with Gasteiger partial charge in [-0.25, -0.2) is 0 Å². The fraction of sp³-hybridized carbons (Fsp3) is 0.481. The lowest BCUT2D eigenvalue weighted by molar-refractivity contribution is 0.446. The highest BCUT2D eigenvalue weighted by atomic mass is 32.1. The number of nitrogens with zero attached hydrogens (tertiary/aromatic N) is 2. The quantitative estimate of drug-likeness (QED) is 0.262. The molecule has 0 fully saturated rings. The number of rotatable bonds is 7. The third-order valence-electron chi connectivity index (χ3n) is 7.39. The summed E-state index contributed by atoms with van der Waals surface area (Å²) in [6, 6.07) is 9.23. The Morgan fingerprint density at radius 2 is 1.19 bits per heavy atom. The van der Waals surface area contributed by atoms with Gasteiger partial charge < -0.3 is 0 Å². The highest BCUT2D eigenvalue weighted by Crippen LogP contribution is 2.46. The van der Waals surface area contributed by atoms with E-state index in [1.807, 2.05) is 22.7 Å². The highest BCUT2D eigenvalue weighted by molar-refractivity contribution is 7.16. The molecule has 5 heteroatoms. The van der Waals surface area contributed by atoms with Gasteiger partial charge in [-0.2, -0.15) is 8.75 Å². The minimum absolute atomic E-state index is 0.197. The summed E-state index contributed by atoms with van der Waals surface area (Å²) < 4.78 is 9.51. The van der Waals surface area contributed by atoms with E-state index in [0.29, 0.717) is 0 Å². The third kappa shape index (κ3) is 3.86. The molecule has 0 radical (unpaired) electrons. The van der Waals surface area contributed by atoms with Crippen molar-refractivity contribution in [3.8, 4) is 20.9 Å². The van der Waals surface area contributed by atoms with Crippen LogP contribution in [0.5, 0.6) is 0 Å². The molecule has 2 nitrogen and oxygen atoms in total. The molecule has 0 aliphatic carbocycles. The molecule has 0 aliphatic rings. The van der Waals surface area contributed by atoms with Crippen LogP contribution < -0.4 is 0 Å². The number of aromatic nitrogens is 2. The van der Waals surface area contributed by atoms with Gasteiger partial charge in [-0.05, 0) is 61.8 Å². The van der Waals surface area contributed by atoms with Crippen molar-refractivity contribution in [2.45, 2.75) is 85.5 Å². The zero-order chi connectivity index (χ0) is 23.3. The molecule has 0 amide bonds. The predicted octanol–water partition coefficient (Wildman–Crippen LogP) is 9.53. The molecule has 4 aromatic rings. The Bertz CT molecular complexity index is 1250. The molecule has 4 rings (SSSR count). The molecule has 0 unspecified atom stereocenters. The molecule has 0 aliphatic heterocycles. The first-order chi connectivity index (χ1) is 15.1. The minimum atomic E-state index is 0.197. The zero-order valence-electron chi connectivity index (χ0n) is 20.5. The SMILES string of the molecule is CCC(C)(C)c1sc(-c2ccc(-c3cc(C)c(C(C)(CC)CC)s3)c3nsnc23)cc1C. The maximum Gasteiger partial charge on any atom is 0.114 e. The Kier molecular flexibility index (Phi) is 6.38. The number of fused-ring (bicyclic) bond motifs is 1. The van der Waals surface area contributed by atoms with Crippen molar-refractivity contribution >= 4 is 45.4 Å². The molecule has 0 bridgehead atoms. The van der Waals surface area contributed by atoms with E-state index in [-0.39, 0.29) is 10.8 Å². The number of benzene rings is 1. The van der Waals surface area contributed by atoms with Gasteiger partial charge in [0.25, 0.3) is 0 Å². The molecule has 0 spiro atoms. The average Bonchev–Trinajstić information content (AvgIpc) is 3.51. The third-order valence-corrected chi connectivity index (χ3v) is 11.1. The van der Waals surface area contributed by atoms with Crippen molar-refractivity contribution in [3.63, 3.8) is 0 Å². The number of thiophene rings is 2. The number of hydrogen-bond acceptors (Lipinski definition) is 5. The molecule has 0 atom stereocenters. The first-order valence-electron chi connectivity index (χ1n) is 11.6. The summed E-state index contributed by atoms with van der Waals surface area (Å²) in [6.45, 7) is 18.5. The molecular formula is C27H34N2S3. The lowest BCUT2D eigenvalue weighted by Gasteiger charge is -2.26. The van der Waals surface area contributed by atoms with Gasteiger partial charge in [-0.1, -0.05) is 53.7 Å². The van der Waals surface area contributed by atoms with E-state index in [2.05, 4.69) is 79.7 Å². The van der Waals surface area contributed by atoms with Gasteiger partial charge in [0.05, 0.1) is 11.7 Å². The fourth-order valence-corrected chi connectivity index (χ4v) is 7.93. The topological polar surface area (TPSA) is 25.8 Å². The first kappa shape index (κ1) is 23.6. The minimum Gasteiger partial charge on any atom is -0.172 e. The molecule has 3 aromatic heterocycles. The maximum atomic E-state index is 4.76. The van der Waals surface area contributed by atoms with Crippen LogP contribution in [0.1, 0.15) is 81.7 Å². The molecule has 0 saturated heterocycles. The van der Waals surface area contributed by atoms with Crippen molar-refractivity contribution in [2.75, 3.05) is 0 Å². The Hall–Kier alpha value is -1.56. The largest absolute Gasteiger partial charge is 0.172 e. The fourth-order valence-electron chi connectivity index (χ4n) is 4.50. The van der Waals surface area contributed by atoms with Crippen molar-refractivity contribution < 1.29 is 0 Å². The van der Waals surface area contributed by atoms with E-state index in [4.69, 9.17) is 8.75 Å². The molecule has 0 N–H and O–H groups in total. The highest BCUT2D eigenvalue weighted by Gasteiger charge is 2.28. The summed E-state index contributed by atoms with van der Waals surface area (Å²) >= 11 is 5.19.